The largest absolute Gasteiger partial charge is 0.367 e. The minimum atomic E-state index is -0.531. The van der Waals surface area contributed by atoms with Crippen molar-refractivity contribution in [3.63, 3.8) is 0 Å². The zero-order chi connectivity index (χ0) is 14.8. The second-order valence-electron chi connectivity index (χ2n) is 5.22. The molecule has 1 aliphatic heterocycles. The zero-order valence-electron chi connectivity index (χ0n) is 11.6. The molecule has 2 rings (SSSR count). The van der Waals surface area contributed by atoms with Gasteiger partial charge in [0.25, 0.3) is 0 Å². The number of carbonyl (C=O) groups excluding carboxylic acids is 2. The summed E-state index contributed by atoms with van der Waals surface area (Å²) in [5.74, 6) is -1.01. The summed E-state index contributed by atoms with van der Waals surface area (Å²) in [6, 6.07) is 7.02. The molecule has 3 heteroatoms. The summed E-state index contributed by atoms with van der Waals surface area (Å²) in [7, 11) is 0. The zero-order valence-corrected chi connectivity index (χ0v) is 11.6. The summed E-state index contributed by atoms with van der Waals surface area (Å²) in [5.41, 5.74) is 0.903. The van der Waals surface area contributed by atoms with Gasteiger partial charge in [0.1, 0.15) is 0 Å². The van der Waals surface area contributed by atoms with Gasteiger partial charge in [-0.25, -0.2) is 0 Å². The van der Waals surface area contributed by atoms with E-state index < -0.39 is 17.2 Å². The molecule has 1 aliphatic rings. The smallest absolute Gasteiger partial charge is 0.233 e. The lowest BCUT2D eigenvalue weighted by molar-refractivity contribution is -0.112. The van der Waals surface area contributed by atoms with Gasteiger partial charge in [0.2, 0.25) is 11.6 Å². The third-order valence-corrected chi connectivity index (χ3v) is 3.70. The first kappa shape index (κ1) is 14.4. The Balaban J connectivity index is 2.45. The second-order valence-corrected chi connectivity index (χ2v) is 5.22. The van der Waals surface area contributed by atoms with Crippen molar-refractivity contribution < 1.29 is 14.3 Å². The summed E-state index contributed by atoms with van der Waals surface area (Å²) in [6.45, 7) is 9.73. The molecule has 0 N–H and O–H groups in total. The highest BCUT2D eigenvalue weighted by Crippen LogP contribution is 2.26. The Labute approximate surface area is 118 Å². The number of allylic oxidation sites excluding steroid dienone is 1. The minimum Gasteiger partial charge on any atom is -0.367 e. The summed E-state index contributed by atoms with van der Waals surface area (Å²) < 4.78 is 5.89. The van der Waals surface area contributed by atoms with Crippen molar-refractivity contribution >= 4 is 11.6 Å². The number of benzene rings is 1. The third-order valence-electron chi connectivity index (χ3n) is 3.70. The van der Waals surface area contributed by atoms with Crippen molar-refractivity contribution in [3.8, 4) is 0 Å². The molecule has 0 saturated heterocycles. The fraction of sp³-hybridized carbons (Fsp3) is 0.294. The van der Waals surface area contributed by atoms with Crippen LogP contribution >= 0.6 is 0 Å². The van der Waals surface area contributed by atoms with Gasteiger partial charge in [0.15, 0.2) is 0 Å². The molecule has 0 fully saturated rings. The highest BCUT2D eigenvalue weighted by molar-refractivity contribution is 6.49. The first-order valence-corrected chi connectivity index (χ1v) is 6.59. The van der Waals surface area contributed by atoms with E-state index in [1.807, 2.05) is 13.0 Å². The number of fused-ring (bicyclic) bond motifs is 1. The molecule has 0 amide bonds. The molecule has 1 atom stereocenters. The van der Waals surface area contributed by atoms with Crippen LogP contribution in [0.4, 0.5) is 0 Å². The molecule has 1 unspecified atom stereocenters. The maximum Gasteiger partial charge on any atom is 0.233 e. The molecule has 104 valence electrons. The molecule has 0 spiro atoms. The highest BCUT2D eigenvalue weighted by atomic mass is 16.5. The number of ether oxygens (including phenoxy) is 1. The fourth-order valence-corrected chi connectivity index (χ4v) is 2.14. The number of carbonyl (C=O) groups is 2. The van der Waals surface area contributed by atoms with Crippen LogP contribution in [0.5, 0.6) is 0 Å². The van der Waals surface area contributed by atoms with E-state index in [4.69, 9.17) is 4.74 Å². The lowest BCUT2D eigenvalue weighted by Crippen LogP contribution is -2.29. The van der Waals surface area contributed by atoms with Gasteiger partial charge in [0, 0.05) is 5.56 Å². The lowest BCUT2D eigenvalue weighted by Gasteiger charge is -2.28. The Morgan fingerprint density at radius 1 is 1.25 bits per heavy atom. The second kappa shape index (κ2) is 5.55. The molecule has 0 aromatic heterocycles. The number of rotatable bonds is 1. The molecule has 0 bridgehead atoms. The van der Waals surface area contributed by atoms with Crippen molar-refractivity contribution in [2.24, 2.45) is 0 Å². The standard InChI is InChI=1S/C17H18O3/c1-4-17(3)10-9-12(2)15(18)16(19)14-8-6-5-7-13(14)11-20-17/h4-8H,1-2,9-11H2,3H3. The Morgan fingerprint density at radius 3 is 2.65 bits per heavy atom. The first-order chi connectivity index (χ1) is 9.47. The van der Waals surface area contributed by atoms with Crippen LogP contribution in [0, 0.1) is 0 Å². The lowest BCUT2D eigenvalue weighted by atomic mass is 9.91. The summed E-state index contributed by atoms with van der Waals surface area (Å²) >= 11 is 0. The van der Waals surface area contributed by atoms with Gasteiger partial charge in [-0.3, -0.25) is 9.59 Å². The minimum absolute atomic E-state index is 0.282. The van der Waals surface area contributed by atoms with Crippen LogP contribution in [0.15, 0.2) is 49.1 Å². The number of Topliss-reactive ketones (excluding diaryl/α,β-unsaturated/α-hetero) is 2. The predicted octanol–water partition coefficient (Wildman–Crippen LogP) is 3.25. The van der Waals surface area contributed by atoms with Gasteiger partial charge in [-0.1, -0.05) is 36.9 Å². The Morgan fingerprint density at radius 2 is 1.95 bits per heavy atom. The van der Waals surface area contributed by atoms with E-state index in [0.717, 1.165) is 0 Å². The van der Waals surface area contributed by atoms with Crippen LogP contribution < -0.4 is 0 Å². The van der Waals surface area contributed by atoms with Crippen molar-refractivity contribution in [3.05, 3.63) is 60.2 Å². The Kier molecular flexibility index (Phi) is 4.00. The fourth-order valence-electron chi connectivity index (χ4n) is 2.14. The molecule has 1 aromatic rings. The van der Waals surface area contributed by atoms with Gasteiger partial charge in [-0.2, -0.15) is 0 Å². The molecular formula is C17H18O3. The van der Waals surface area contributed by atoms with Gasteiger partial charge < -0.3 is 4.74 Å². The van der Waals surface area contributed by atoms with Crippen LogP contribution in [-0.4, -0.2) is 17.2 Å². The molecule has 3 nitrogen and oxygen atoms in total. The molecule has 20 heavy (non-hydrogen) atoms. The van der Waals surface area contributed by atoms with E-state index in [-0.39, 0.29) is 6.61 Å². The van der Waals surface area contributed by atoms with Crippen molar-refractivity contribution in [2.75, 3.05) is 0 Å². The van der Waals surface area contributed by atoms with E-state index >= 15 is 0 Å². The van der Waals surface area contributed by atoms with E-state index in [1.165, 1.54) is 0 Å². The summed E-state index contributed by atoms with van der Waals surface area (Å²) in [5, 5.41) is 0. The van der Waals surface area contributed by atoms with Crippen LogP contribution in [-0.2, 0) is 16.1 Å². The van der Waals surface area contributed by atoms with Crippen molar-refractivity contribution in [2.45, 2.75) is 32.0 Å². The van der Waals surface area contributed by atoms with Crippen LogP contribution in [0.25, 0.3) is 0 Å². The Hall–Kier alpha value is -2.00. The molecule has 0 radical (unpaired) electrons. The summed E-state index contributed by atoms with van der Waals surface area (Å²) in [4.78, 5) is 24.3. The molecular weight excluding hydrogens is 252 g/mol. The molecule has 0 aliphatic carbocycles. The maximum absolute atomic E-state index is 12.2. The quantitative estimate of drug-likeness (QED) is 0.447. The van der Waals surface area contributed by atoms with Crippen molar-refractivity contribution in [1.82, 2.24) is 0 Å². The van der Waals surface area contributed by atoms with E-state index in [0.29, 0.717) is 29.5 Å². The normalized spacial score (nSPS) is 24.1. The SMILES string of the molecule is C=CC1(C)CCC(=C)C(=O)C(=O)c2ccccc2CO1. The van der Waals surface area contributed by atoms with E-state index in [1.54, 1.807) is 24.3 Å². The van der Waals surface area contributed by atoms with Crippen LogP contribution in [0.2, 0.25) is 0 Å². The third kappa shape index (κ3) is 2.78. The average Bonchev–Trinajstić information content (AvgIpc) is 2.48. The van der Waals surface area contributed by atoms with Gasteiger partial charge in [-0.05, 0) is 30.9 Å². The van der Waals surface area contributed by atoms with Gasteiger partial charge >= 0.3 is 0 Å². The van der Waals surface area contributed by atoms with Crippen LogP contribution in [0.3, 0.4) is 0 Å². The van der Waals surface area contributed by atoms with Crippen molar-refractivity contribution in [1.29, 1.82) is 0 Å². The first-order valence-electron chi connectivity index (χ1n) is 6.59. The van der Waals surface area contributed by atoms with Gasteiger partial charge in [0.05, 0.1) is 12.2 Å². The van der Waals surface area contributed by atoms with Crippen LogP contribution in [0.1, 0.15) is 35.7 Å². The number of ketones is 2. The topological polar surface area (TPSA) is 43.4 Å². The maximum atomic E-state index is 12.2. The van der Waals surface area contributed by atoms with E-state index in [2.05, 4.69) is 13.2 Å². The summed E-state index contributed by atoms with van der Waals surface area (Å²) in [6.07, 6.45) is 2.74. The highest BCUT2D eigenvalue weighted by Gasteiger charge is 2.28. The molecule has 1 heterocycles. The number of hydrogen-bond acceptors (Lipinski definition) is 3. The monoisotopic (exact) mass is 270 g/mol. The van der Waals surface area contributed by atoms with E-state index in [9.17, 15) is 9.59 Å². The molecule has 1 aromatic carbocycles. The molecule has 0 saturated carbocycles. The average molecular weight is 270 g/mol. The number of hydrogen-bond donors (Lipinski definition) is 0. The predicted molar refractivity (Wildman–Crippen MR) is 77.5 cm³/mol. The Bertz CT molecular complexity index is 586. The van der Waals surface area contributed by atoms with Gasteiger partial charge in [-0.15, -0.1) is 6.58 Å².